The molecule has 0 aliphatic carbocycles. The zero-order valence-corrected chi connectivity index (χ0v) is 16.9. The SMILES string of the molecule is Cc1ccc(OCC(=O)OCC(=O)Nc2ccc(Oc3ccccc3)cc2)cc1C. The fourth-order valence-corrected chi connectivity index (χ4v) is 2.56. The predicted octanol–water partition coefficient (Wildman–Crippen LogP) is 4.66. The van der Waals surface area contributed by atoms with Gasteiger partial charge in [0.1, 0.15) is 17.2 Å². The summed E-state index contributed by atoms with van der Waals surface area (Å²) in [4.78, 5) is 23.8. The lowest BCUT2D eigenvalue weighted by molar-refractivity contribution is -0.149. The van der Waals surface area contributed by atoms with Gasteiger partial charge in [0.05, 0.1) is 0 Å². The summed E-state index contributed by atoms with van der Waals surface area (Å²) in [7, 11) is 0. The number of benzene rings is 3. The Morgan fingerprint density at radius 3 is 2.13 bits per heavy atom. The van der Waals surface area contributed by atoms with Crippen LogP contribution in [-0.2, 0) is 14.3 Å². The molecule has 1 amide bonds. The molecule has 0 unspecified atom stereocenters. The largest absolute Gasteiger partial charge is 0.482 e. The van der Waals surface area contributed by atoms with Gasteiger partial charge in [-0.1, -0.05) is 24.3 Å². The third-order valence-electron chi connectivity index (χ3n) is 4.32. The molecule has 6 nitrogen and oxygen atoms in total. The molecule has 154 valence electrons. The van der Waals surface area contributed by atoms with Crippen molar-refractivity contribution in [3.63, 3.8) is 0 Å². The van der Waals surface area contributed by atoms with E-state index in [1.54, 1.807) is 30.3 Å². The fourth-order valence-electron chi connectivity index (χ4n) is 2.56. The minimum Gasteiger partial charge on any atom is -0.482 e. The number of rotatable bonds is 8. The van der Waals surface area contributed by atoms with Crippen LogP contribution in [0.4, 0.5) is 5.69 Å². The summed E-state index contributed by atoms with van der Waals surface area (Å²) in [6, 6.07) is 21.8. The summed E-state index contributed by atoms with van der Waals surface area (Å²) >= 11 is 0. The molecule has 0 saturated heterocycles. The van der Waals surface area contributed by atoms with E-state index in [-0.39, 0.29) is 6.61 Å². The molecule has 0 fully saturated rings. The van der Waals surface area contributed by atoms with Crippen LogP contribution in [0.3, 0.4) is 0 Å². The Balaban J connectivity index is 1.40. The Morgan fingerprint density at radius 1 is 0.767 bits per heavy atom. The summed E-state index contributed by atoms with van der Waals surface area (Å²) in [6.45, 7) is 3.31. The molecule has 0 aromatic heterocycles. The molecule has 0 aliphatic rings. The van der Waals surface area contributed by atoms with Crippen molar-refractivity contribution >= 4 is 17.6 Å². The number of carbonyl (C=O) groups is 2. The lowest BCUT2D eigenvalue weighted by Crippen LogP contribution is -2.23. The average Bonchev–Trinajstić information content (AvgIpc) is 2.75. The highest BCUT2D eigenvalue weighted by Crippen LogP contribution is 2.22. The first-order valence-corrected chi connectivity index (χ1v) is 9.48. The van der Waals surface area contributed by atoms with Crippen LogP contribution in [0.25, 0.3) is 0 Å². The molecular formula is C24H23NO5. The Hall–Kier alpha value is -3.80. The highest BCUT2D eigenvalue weighted by Gasteiger charge is 2.09. The normalized spacial score (nSPS) is 10.2. The van der Waals surface area contributed by atoms with Crippen molar-refractivity contribution in [2.45, 2.75) is 13.8 Å². The third-order valence-corrected chi connectivity index (χ3v) is 4.32. The highest BCUT2D eigenvalue weighted by molar-refractivity contribution is 5.92. The zero-order valence-electron chi connectivity index (χ0n) is 16.9. The number of hydrogen-bond acceptors (Lipinski definition) is 5. The van der Waals surface area contributed by atoms with Crippen molar-refractivity contribution in [2.75, 3.05) is 18.5 Å². The van der Waals surface area contributed by atoms with Crippen molar-refractivity contribution in [2.24, 2.45) is 0 Å². The second kappa shape index (κ2) is 10.1. The number of anilines is 1. The molecule has 30 heavy (non-hydrogen) atoms. The monoisotopic (exact) mass is 405 g/mol. The van der Waals surface area contributed by atoms with E-state index in [2.05, 4.69) is 5.32 Å². The minimum atomic E-state index is -0.616. The van der Waals surface area contributed by atoms with Gasteiger partial charge in [-0.2, -0.15) is 0 Å². The molecular weight excluding hydrogens is 382 g/mol. The number of hydrogen-bond donors (Lipinski definition) is 1. The van der Waals surface area contributed by atoms with Crippen LogP contribution in [0.2, 0.25) is 0 Å². The van der Waals surface area contributed by atoms with Gasteiger partial charge in [0.2, 0.25) is 0 Å². The number of carbonyl (C=O) groups excluding carboxylic acids is 2. The molecule has 0 heterocycles. The van der Waals surface area contributed by atoms with Gasteiger partial charge in [0.25, 0.3) is 5.91 Å². The van der Waals surface area contributed by atoms with E-state index in [0.717, 1.165) is 16.9 Å². The van der Waals surface area contributed by atoms with E-state index in [1.807, 2.05) is 56.3 Å². The predicted molar refractivity (Wildman–Crippen MR) is 114 cm³/mol. The Morgan fingerprint density at radius 2 is 1.43 bits per heavy atom. The lowest BCUT2D eigenvalue weighted by Gasteiger charge is -2.10. The standard InChI is InChI=1S/C24H23NO5/c1-17-8-11-22(14-18(17)2)28-16-24(27)29-15-23(26)25-19-9-12-21(13-10-19)30-20-6-4-3-5-7-20/h3-14H,15-16H2,1-2H3,(H,25,26). The molecule has 3 aromatic rings. The van der Waals surface area contributed by atoms with Crippen molar-refractivity contribution in [1.29, 1.82) is 0 Å². The Labute approximate surface area is 175 Å². The van der Waals surface area contributed by atoms with Crippen LogP contribution in [0, 0.1) is 13.8 Å². The Kier molecular flexibility index (Phi) is 7.05. The van der Waals surface area contributed by atoms with Gasteiger partial charge in [0.15, 0.2) is 13.2 Å². The number of esters is 1. The van der Waals surface area contributed by atoms with Crippen LogP contribution < -0.4 is 14.8 Å². The minimum absolute atomic E-state index is 0.263. The second-order valence-corrected chi connectivity index (χ2v) is 6.68. The third kappa shape index (κ3) is 6.38. The van der Waals surface area contributed by atoms with Crippen LogP contribution >= 0.6 is 0 Å². The van der Waals surface area contributed by atoms with Gasteiger partial charge in [-0.05, 0) is 73.5 Å². The molecule has 0 bridgehead atoms. The van der Waals surface area contributed by atoms with Crippen molar-refractivity contribution in [3.05, 3.63) is 83.9 Å². The smallest absolute Gasteiger partial charge is 0.344 e. The number of para-hydroxylation sites is 1. The van der Waals surface area contributed by atoms with E-state index in [0.29, 0.717) is 17.2 Å². The van der Waals surface area contributed by atoms with Gasteiger partial charge in [-0.15, -0.1) is 0 Å². The van der Waals surface area contributed by atoms with Gasteiger partial charge in [0, 0.05) is 5.69 Å². The van der Waals surface area contributed by atoms with Crippen molar-refractivity contribution in [3.8, 4) is 17.2 Å². The first-order chi connectivity index (χ1) is 14.5. The molecule has 6 heteroatoms. The van der Waals surface area contributed by atoms with Crippen LogP contribution in [0.15, 0.2) is 72.8 Å². The summed E-state index contributed by atoms with van der Waals surface area (Å²) in [5, 5.41) is 2.66. The van der Waals surface area contributed by atoms with E-state index in [1.165, 1.54) is 0 Å². The van der Waals surface area contributed by atoms with E-state index >= 15 is 0 Å². The number of ether oxygens (including phenoxy) is 3. The molecule has 1 N–H and O–H groups in total. The second-order valence-electron chi connectivity index (χ2n) is 6.68. The van der Waals surface area contributed by atoms with E-state index < -0.39 is 18.5 Å². The molecule has 0 aliphatic heterocycles. The molecule has 3 aromatic carbocycles. The maximum Gasteiger partial charge on any atom is 0.344 e. The van der Waals surface area contributed by atoms with Crippen LogP contribution in [0.1, 0.15) is 11.1 Å². The molecule has 0 radical (unpaired) electrons. The van der Waals surface area contributed by atoms with E-state index in [9.17, 15) is 9.59 Å². The first kappa shape index (κ1) is 20.9. The Bertz CT molecular complexity index is 1000. The first-order valence-electron chi connectivity index (χ1n) is 9.48. The molecule has 3 rings (SSSR count). The number of aryl methyl sites for hydroxylation is 2. The summed E-state index contributed by atoms with van der Waals surface area (Å²) in [5.41, 5.74) is 2.78. The van der Waals surface area contributed by atoms with Crippen molar-refractivity contribution < 1.29 is 23.8 Å². The molecule has 0 saturated carbocycles. The van der Waals surface area contributed by atoms with E-state index in [4.69, 9.17) is 14.2 Å². The van der Waals surface area contributed by atoms with Gasteiger partial charge in [-0.3, -0.25) is 4.79 Å². The lowest BCUT2D eigenvalue weighted by atomic mass is 10.1. The van der Waals surface area contributed by atoms with Gasteiger partial charge in [-0.25, -0.2) is 4.79 Å². The summed E-state index contributed by atoms with van der Waals surface area (Å²) in [5.74, 6) is 0.900. The molecule has 0 atom stereocenters. The van der Waals surface area contributed by atoms with Crippen molar-refractivity contribution in [1.82, 2.24) is 0 Å². The quantitative estimate of drug-likeness (QED) is 0.552. The average molecular weight is 405 g/mol. The van der Waals surface area contributed by atoms with Crippen LogP contribution in [-0.4, -0.2) is 25.1 Å². The zero-order chi connectivity index (χ0) is 21.3. The van der Waals surface area contributed by atoms with Gasteiger partial charge < -0.3 is 19.5 Å². The number of nitrogens with one attached hydrogen (secondary N) is 1. The molecule has 0 spiro atoms. The fraction of sp³-hybridized carbons (Fsp3) is 0.167. The maximum atomic E-state index is 12.0. The highest BCUT2D eigenvalue weighted by atomic mass is 16.6. The summed E-state index contributed by atoms with van der Waals surface area (Å²) in [6.07, 6.45) is 0. The summed E-state index contributed by atoms with van der Waals surface area (Å²) < 4.78 is 16.0. The number of amides is 1. The van der Waals surface area contributed by atoms with Gasteiger partial charge >= 0.3 is 5.97 Å². The topological polar surface area (TPSA) is 73.9 Å². The van der Waals surface area contributed by atoms with Crippen LogP contribution in [0.5, 0.6) is 17.2 Å². The maximum absolute atomic E-state index is 12.0.